The SMILES string of the molecule is CCOC(=C=C(OCC)N(CC)CC)N(CC)CC. The molecule has 0 heterocycles. The van der Waals surface area contributed by atoms with Crippen LogP contribution in [0.25, 0.3) is 0 Å². The molecule has 4 nitrogen and oxygen atoms in total. The van der Waals surface area contributed by atoms with E-state index in [1.165, 1.54) is 0 Å². The van der Waals surface area contributed by atoms with Crippen molar-refractivity contribution >= 4 is 0 Å². The number of ether oxygens (including phenoxy) is 2. The van der Waals surface area contributed by atoms with Gasteiger partial charge in [-0.1, -0.05) is 0 Å². The third-order valence-electron chi connectivity index (χ3n) is 2.88. The monoisotopic (exact) mass is 270 g/mol. The van der Waals surface area contributed by atoms with Gasteiger partial charge in [0.2, 0.25) is 11.8 Å². The Morgan fingerprint density at radius 3 is 1.21 bits per heavy atom. The molecule has 19 heavy (non-hydrogen) atoms. The van der Waals surface area contributed by atoms with Crippen LogP contribution in [-0.2, 0) is 9.47 Å². The van der Waals surface area contributed by atoms with Crippen LogP contribution in [-0.4, -0.2) is 49.2 Å². The summed E-state index contributed by atoms with van der Waals surface area (Å²) in [5.41, 5.74) is 3.30. The molecule has 0 aromatic carbocycles. The lowest BCUT2D eigenvalue weighted by Crippen LogP contribution is -2.26. The molecule has 0 aliphatic rings. The van der Waals surface area contributed by atoms with Gasteiger partial charge in [0.1, 0.15) is 0 Å². The Morgan fingerprint density at radius 2 is 1.00 bits per heavy atom. The van der Waals surface area contributed by atoms with Crippen molar-refractivity contribution in [2.24, 2.45) is 0 Å². The largest absolute Gasteiger partial charge is 0.473 e. The Hall–Kier alpha value is -1.28. The number of hydrogen-bond acceptors (Lipinski definition) is 4. The van der Waals surface area contributed by atoms with Crippen LogP contribution >= 0.6 is 0 Å². The molecular weight excluding hydrogens is 240 g/mol. The van der Waals surface area contributed by atoms with E-state index in [1.54, 1.807) is 0 Å². The van der Waals surface area contributed by atoms with E-state index in [-0.39, 0.29) is 0 Å². The maximum atomic E-state index is 5.71. The third-order valence-corrected chi connectivity index (χ3v) is 2.88. The first-order chi connectivity index (χ1) is 9.18. The van der Waals surface area contributed by atoms with Crippen LogP contribution in [0.3, 0.4) is 0 Å². The van der Waals surface area contributed by atoms with Crippen LogP contribution in [0.4, 0.5) is 0 Å². The predicted molar refractivity (Wildman–Crippen MR) is 79.6 cm³/mol. The van der Waals surface area contributed by atoms with E-state index >= 15 is 0 Å². The first-order valence-electron chi connectivity index (χ1n) is 7.44. The van der Waals surface area contributed by atoms with Crippen LogP contribution in [0.2, 0.25) is 0 Å². The molecule has 0 saturated heterocycles. The second-order valence-electron chi connectivity index (χ2n) is 3.95. The molecule has 0 radical (unpaired) electrons. The van der Waals surface area contributed by atoms with E-state index in [4.69, 9.17) is 9.47 Å². The molecular formula is C15H30N2O2. The van der Waals surface area contributed by atoms with Crippen LogP contribution in [0.5, 0.6) is 0 Å². The first kappa shape index (κ1) is 17.7. The Kier molecular flexibility index (Phi) is 9.91. The molecule has 0 atom stereocenters. The highest BCUT2D eigenvalue weighted by Gasteiger charge is 2.10. The lowest BCUT2D eigenvalue weighted by molar-refractivity contribution is 0.111. The Morgan fingerprint density at radius 1 is 0.684 bits per heavy atom. The summed E-state index contributed by atoms with van der Waals surface area (Å²) in [6, 6.07) is 0. The zero-order valence-corrected chi connectivity index (χ0v) is 13.5. The van der Waals surface area contributed by atoms with Crippen molar-refractivity contribution in [2.75, 3.05) is 39.4 Å². The molecule has 112 valence electrons. The highest BCUT2D eigenvalue weighted by atomic mass is 16.5. The van der Waals surface area contributed by atoms with Crippen molar-refractivity contribution in [3.05, 3.63) is 17.5 Å². The van der Waals surface area contributed by atoms with Crippen molar-refractivity contribution < 1.29 is 9.47 Å². The van der Waals surface area contributed by atoms with E-state index in [0.717, 1.165) is 37.9 Å². The van der Waals surface area contributed by atoms with Crippen molar-refractivity contribution in [1.82, 2.24) is 9.80 Å². The number of hydrogen-bond donors (Lipinski definition) is 0. The van der Waals surface area contributed by atoms with Gasteiger partial charge in [0.05, 0.1) is 13.2 Å². The fourth-order valence-corrected chi connectivity index (χ4v) is 1.80. The van der Waals surface area contributed by atoms with E-state index in [0.29, 0.717) is 13.2 Å². The van der Waals surface area contributed by atoms with Crippen LogP contribution in [0, 0.1) is 0 Å². The predicted octanol–water partition coefficient (Wildman–Crippen LogP) is 3.02. The normalized spacial score (nSPS) is 9.58. The minimum atomic E-state index is 0.635. The highest BCUT2D eigenvalue weighted by Crippen LogP contribution is 2.10. The summed E-state index contributed by atoms with van der Waals surface area (Å²) in [4.78, 5) is 4.29. The van der Waals surface area contributed by atoms with Gasteiger partial charge in [-0.05, 0) is 41.5 Å². The summed E-state index contributed by atoms with van der Waals surface area (Å²) in [6.45, 7) is 17.3. The number of nitrogens with zero attached hydrogens (tertiary/aromatic N) is 2. The van der Waals surface area contributed by atoms with Crippen LogP contribution < -0.4 is 0 Å². The zero-order chi connectivity index (χ0) is 14.7. The van der Waals surface area contributed by atoms with Gasteiger partial charge in [-0.15, -0.1) is 0 Å². The summed E-state index contributed by atoms with van der Waals surface area (Å²) in [5, 5.41) is 0. The minimum Gasteiger partial charge on any atom is -0.473 e. The minimum absolute atomic E-state index is 0.635. The topological polar surface area (TPSA) is 24.9 Å². The fourth-order valence-electron chi connectivity index (χ4n) is 1.80. The van der Waals surface area contributed by atoms with E-state index in [1.807, 2.05) is 13.8 Å². The fraction of sp³-hybridized carbons (Fsp3) is 0.800. The maximum absolute atomic E-state index is 5.71. The van der Waals surface area contributed by atoms with Gasteiger partial charge in [-0.3, -0.25) is 0 Å². The first-order valence-corrected chi connectivity index (χ1v) is 7.44. The second-order valence-corrected chi connectivity index (χ2v) is 3.95. The maximum Gasteiger partial charge on any atom is 0.241 e. The van der Waals surface area contributed by atoms with Gasteiger partial charge in [0.25, 0.3) is 0 Å². The van der Waals surface area contributed by atoms with Gasteiger partial charge >= 0.3 is 0 Å². The molecule has 0 aliphatic carbocycles. The molecule has 0 N–H and O–H groups in total. The van der Waals surface area contributed by atoms with Crippen molar-refractivity contribution in [3.8, 4) is 0 Å². The smallest absolute Gasteiger partial charge is 0.241 e. The molecule has 0 aromatic heterocycles. The average Bonchev–Trinajstić information content (AvgIpc) is 2.41. The third kappa shape index (κ3) is 5.93. The summed E-state index contributed by atoms with van der Waals surface area (Å²) in [7, 11) is 0. The quantitative estimate of drug-likeness (QED) is 0.450. The van der Waals surface area contributed by atoms with E-state index in [9.17, 15) is 0 Å². The van der Waals surface area contributed by atoms with Gasteiger partial charge in [-0.2, -0.15) is 0 Å². The molecule has 0 fully saturated rings. The molecule has 0 spiro atoms. The van der Waals surface area contributed by atoms with Gasteiger partial charge in [0.15, 0.2) is 0 Å². The van der Waals surface area contributed by atoms with Gasteiger partial charge < -0.3 is 19.3 Å². The van der Waals surface area contributed by atoms with Crippen molar-refractivity contribution in [1.29, 1.82) is 0 Å². The number of rotatable bonds is 10. The van der Waals surface area contributed by atoms with Gasteiger partial charge in [0, 0.05) is 31.9 Å². The molecule has 0 saturated carbocycles. The van der Waals surface area contributed by atoms with Crippen molar-refractivity contribution in [2.45, 2.75) is 41.5 Å². The lowest BCUT2D eigenvalue weighted by Gasteiger charge is -2.25. The van der Waals surface area contributed by atoms with Gasteiger partial charge in [-0.25, -0.2) is 0 Å². The Labute approximate surface area is 118 Å². The average molecular weight is 270 g/mol. The Bertz CT molecular complexity index is 263. The summed E-state index contributed by atoms with van der Waals surface area (Å²) < 4.78 is 11.4. The molecule has 0 aromatic rings. The van der Waals surface area contributed by atoms with E-state index < -0.39 is 0 Å². The van der Waals surface area contributed by atoms with Crippen LogP contribution in [0.15, 0.2) is 17.5 Å². The molecule has 0 amide bonds. The molecule has 0 rings (SSSR count). The molecule has 0 unspecified atom stereocenters. The van der Waals surface area contributed by atoms with Crippen LogP contribution in [0.1, 0.15) is 41.5 Å². The molecule has 4 heteroatoms. The second kappa shape index (κ2) is 10.6. The molecule has 0 aliphatic heterocycles. The lowest BCUT2D eigenvalue weighted by atomic mass is 10.4. The molecule has 0 bridgehead atoms. The summed E-state index contributed by atoms with van der Waals surface area (Å²) in [5.74, 6) is 1.53. The van der Waals surface area contributed by atoms with E-state index in [2.05, 4.69) is 43.2 Å². The zero-order valence-electron chi connectivity index (χ0n) is 13.5. The standard InChI is InChI=1S/C15H30N2O2/c1-7-16(8-2)14(18-11-5)13-15(19-12-6)17(9-3)10-4/h7-12H2,1-6H3. The highest BCUT2D eigenvalue weighted by molar-refractivity contribution is 4.99. The Balaban J connectivity index is 5.49. The summed E-state index contributed by atoms with van der Waals surface area (Å²) in [6.07, 6.45) is 0. The summed E-state index contributed by atoms with van der Waals surface area (Å²) >= 11 is 0. The van der Waals surface area contributed by atoms with Crippen molar-refractivity contribution in [3.63, 3.8) is 0 Å².